The zero-order valence-corrected chi connectivity index (χ0v) is 59.9. The third kappa shape index (κ3) is 10.5. The monoisotopic (exact) mass is 1340 g/mol. The molecule has 0 saturated carbocycles. The standard InChI is InChI=1S/C100H77BN4/c1-99(2,3)71-61-82(66-34-13-7-14-35-66)97(83(62-71)67-36-15-8-16-37-67)104-90-54-33-55-91-95(90)101(86-58-56-70(60-92(86)104)94-78-48-25-27-50-80(78)96(81-51-28-26-49-79(81)94)102(73-42-21-11-22-43-73)74-44-23-12-24-45-74)87-59-57-75(103-88-52-31-29-46-76(88)77-47-30-32-53-89(77)103)65-93(87)105(91)98-84(68-38-17-9-18-39-68)63-72(100(4,5)6)64-85(98)69-40-19-10-20-41-69/h7-65H,1-6H3. The third-order valence-corrected chi connectivity index (χ3v) is 22.0. The summed E-state index contributed by atoms with van der Waals surface area (Å²) in [5.41, 5.74) is 31.0. The zero-order chi connectivity index (χ0) is 70.7. The molecule has 4 nitrogen and oxygen atoms in total. The highest BCUT2D eigenvalue weighted by atomic mass is 15.2. The van der Waals surface area contributed by atoms with Gasteiger partial charge in [0.25, 0.3) is 6.71 Å². The van der Waals surface area contributed by atoms with Gasteiger partial charge in [-0.05, 0) is 173 Å². The van der Waals surface area contributed by atoms with Crippen LogP contribution >= 0.6 is 0 Å². The predicted octanol–water partition coefficient (Wildman–Crippen LogP) is 25.6. The Labute approximate surface area is 615 Å². The van der Waals surface area contributed by atoms with Crippen LogP contribution in [0.3, 0.4) is 0 Å². The molecule has 17 aromatic rings. The van der Waals surface area contributed by atoms with Crippen molar-refractivity contribution in [2.75, 3.05) is 14.7 Å². The van der Waals surface area contributed by atoms with Gasteiger partial charge < -0.3 is 19.3 Å². The first kappa shape index (κ1) is 63.2. The minimum Gasteiger partial charge on any atom is -0.310 e. The molecule has 500 valence electrons. The van der Waals surface area contributed by atoms with Crippen LogP contribution in [-0.2, 0) is 10.8 Å². The number of para-hydroxylation sites is 4. The van der Waals surface area contributed by atoms with Crippen molar-refractivity contribution < 1.29 is 0 Å². The molecule has 0 amide bonds. The van der Waals surface area contributed by atoms with E-state index in [9.17, 15) is 0 Å². The molecule has 2 aliphatic heterocycles. The van der Waals surface area contributed by atoms with Crippen LogP contribution in [0, 0.1) is 0 Å². The summed E-state index contributed by atoms with van der Waals surface area (Å²) in [5, 5.41) is 7.14. The van der Waals surface area contributed by atoms with Gasteiger partial charge in [-0.15, -0.1) is 0 Å². The van der Waals surface area contributed by atoms with Crippen LogP contribution in [0.4, 0.5) is 51.2 Å². The fraction of sp³-hybridized carbons (Fsp3) is 0.0800. The van der Waals surface area contributed by atoms with E-state index in [0.29, 0.717) is 0 Å². The van der Waals surface area contributed by atoms with Crippen molar-refractivity contribution in [1.29, 1.82) is 0 Å². The molecule has 0 N–H and O–H groups in total. The molecule has 0 spiro atoms. The highest BCUT2D eigenvalue weighted by Crippen LogP contribution is 2.56. The minimum atomic E-state index is -0.237. The molecule has 16 aromatic carbocycles. The van der Waals surface area contributed by atoms with E-state index in [1.807, 2.05) is 0 Å². The maximum atomic E-state index is 2.70. The molecule has 105 heavy (non-hydrogen) atoms. The number of aromatic nitrogens is 1. The van der Waals surface area contributed by atoms with Crippen LogP contribution in [-0.4, -0.2) is 11.3 Å². The van der Waals surface area contributed by atoms with Gasteiger partial charge in [-0.2, -0.15) is 0 Å². The van der Waals surface area contributed by atoms with Crippen molar-refractivity contribution in [3.63, 3.8) is 0 Å². The Balaban J connectivity index is 0.961. The summed E-state index contributed by atoms with van der Waals surface area (Å²) in [7, 11) is 0. The number of nitrogens with zero attached hydrogens (tertiary/aromatic N) is 4. The first-order valence-corrected chi connectivity index (χ1v) is 36.9. The van der Waals surface area contributed by atoms with E-state index in [4.69, 9.17) is 0 Å². The van der Waals surface area contributed by atoms with E-state index in [1.54, 1.807) is 0 Å². The van der Waals surface area contributed by atoms with Gasteiger partial charge >= 0.3 is 0 Å². The maximum Gasteiger partial charge on any atom is 0.252 e. The minimum absolute atomic E-state index is 0.185. The number of rotatable bonds is 11. The molecule has 0 unspecified atom stereocenters. The first-order chi connectivity index (χ1) is 51.4. The molecule has 3 heterocycles. The number of benzene rings is 16. The van der Waals surface area contributed by atoms with Crippen LogP contribution in [0.5, 0.6) is 0 Å². The van der Waals surface area contributed by atoms with Gasteiger partial charge in [0.05, 0.1) is 28.1 Å². The quantitative estimate of drug-likeness (QED) is 0.0947. The topological polar surface area (TPSA) is 14.7 Å². The molecule has 1 aromatic heterocycles. The highest BCUT2D eigenvalue weighted by molar-refractivity contribution is 7.00. The molecule has 0 atom stereocenters. The predicted molar refractivity (Wildman–Crippen MR) is 449 cm³/mol. The first-order valence-electron chi connectivity index (χ1n) is 36.9. The van der Waals surface area contributed by atoms with Crippen LogP contribution in [0.2, 0.25) is 0 Å². The van der Waals surface area contributed by atoms with Crippen LogP contribution in [0.1, 0.15) is 52.7 Å². The van der Waals surface area contributed by atoms with Crippen LogP contribution in [0.15, 0.2) is 358 Å². The van der Waals surface area contributed by atoms with Crippen molar-refractivity contribution in [3.05, 3.63) is 369 Å². The highest BCUT2D eigenvalue weighted by Gasteiger charge is 2.46. The van der Waals surface area contributed by atoms with E-state index < -0.39 is 0 Å². The van der Waals surface area contributed by atoms with E-state index in [-0.39, 0.29) is 17.5 Å². The lowest BCUT2D eigenvalue weighted by Crippen LogP contribution is -2.61. The van der Waals surface area contributed by atoms with Gasteiger partial charge in [-0.25, -0.2) is 0 Å². The number of fused-ring (bicyclic) bond motifs is 9. The maximum absolute atomic E-state index is 2.70. The Morgan fingerprint density at radius 2 is 0.619 bits per heavy atom. The Morgan fingerprint density at radius 3 is 1.02 bits per heavy atom. The Hall–Kier alpha value is -12.7. The molecule has 2 aliphatic rings. The van der Waals surface area contributed by atoms with E-state index >= 15 is 0 Å². The molecule has 0 aliphatic carbocycles. The summed E-state index contributed by atoms with van der Waals surface area (Å²) in [6, 6.07) is 135. The number of hydrogen-bond donors (Lipinski definition) is 0. The SMILES string of the molecule is CC(C)(C)c1cc(-c2ccccc2)c(N2c3cc(-c4c5ccccc5c(N(c5ccccc5)c5ccccc5)c5ccccc45)ccc3B3c4ccc(-n5c6ccccc6c6ccccc65)cc4N(c4c(-c5ccccc5)cc(C(C)(C)C)cc4-c4ccccc4)c4cccc2c43)c(-c2ccccc2)c1. The number of anilines is 9. The Kier molecular flexibility index (Phi) is 15.1. The second kappa shape index (κ2) is 25.1. The summed E-state index contributed by atoms with van der Waals surface area (Å²) in [5.74, 6) is 0. The lowest BCUT2D eigenvalue weighted by Gasteiger charge is -2.46. The molecular formula is C100H77BN4. The van der Waals surface area contributed by atoms with Gasteiger partial charge in [0.2, 0.25) is 0 Å². The van der Waals surface area contributed by atoms with Crippen LogP contribution in [0.25, 0.3) is 105 Å². The van der Waals surface area contributed by atoms with Gasteiger partial charge in [-0.1, -0.05) is 308 Å². The van der Waals surface area contributed by atoms with Crippen molar-refractivity contribution in [2.24, 2.45) is 0 Å². The Bertz CT molecular complexity index is 5960. The average Bonchev–Trinajstić information content (AvgIpc) is 1.46. The fourth-order valence-electron chi connectivity index (χ4n) is 17.1. The second-order valence-electron chi connectivity index (χ2n) is 30.3. The fourth-order valence-corrected chi connectivity index (χ4v) is 17.1. The smallest absolute Gasteiger partial charge is 0.252 e. The molecular weight excluding hydrogens is 1270 g/mol. The van der Waals surface area contributed by atoms with Gasteiger partial charge in [0.1, 0.15) is 0 Å². The van der Waals surface area contributed by atoms with Crippen LogP contribution < -0.4 is 31.1 Å². The average molecular weight is 1350 g/mol. The van der Waals surface area contributed by atoms with Crippen molar-refractivity contribution >= 4 is 118 Å². The summed E-state index contributed by atoms with van der Waals surface area (Å²) in [6.45, 7) is 13.9. The number of hydrogen-bond acceptors (Lipinski definition) is 3. The van der Waals surface area contributed by atoms with Gasteiger partial charge in [-0.3, -0.25) is 0 Å². The Morgan fingerprint density at radius 1 is 0.276 bits per heavy atom. The summed E-state index contributed by atoms with van der Waals surface area (Å²) >= 11 is 0. The second-order valence-corrected chi connectivity index (χ2v) is 30.3. The molecule has 0 fully saturated rings. The van der Waals surface area contributed by atoms with Gasteiger partial charge in [0, 0.05) is 83.6 Å². The molecule has 5 heteroatoms. The van der Waals surface area contributed by atoms with E-state index in [2.05, 4.69) is 419 Å². The summed E-state index contributed by atoms with van der Waals surface area (Å²) in [4.78, 5) is 7.84. The lowest BCUT2D eigenvalue weighted by molar-refractivity contribution is 0.590. The lowest BCUT2D eigenvalue weighted by atomic mass is 9.33. The van der Waals surface area contributed by atoms with Crippen molar-refractivity contribution in [2.45, 2.75) is 52.4 Å². The summed E-state index contributed by atoms with van der Waals surface area (Å²) < 4.78 is 2.49. The molecule has 0 bridgehead atoms. The van der Waals surface area contributed by atoms with Crippen molar-refractivity contribution in [1.82, 2.24) is 4.57 Å². The van der Waals surface area contributed by atoms with Gasteiger partial charge in [0.15, 0.2) is 0 Å². The van der Waals surface area contributed by atoms with Crippen molar-refractivity contribution in [3.8, 4) is 61.3 Å². The molecule has 19 rings (SSSR count). The molecule has 0 saturated heterocycles. The van der Waals surface area contributed by atoms with E-state index in [0.717, 1.165) is 95.8 Å². The normalized spacial score (nSPS) is 12.6. The molecule has 0 radical (unpaired) electrons. The largest absolute Gasteiger partial charge is 0.310 e. The zero-order valence-electron chi connectivity index (χ0n) is 59.9. The summed E-state index contributed by atoms with van der Waals surface area (Å²) in [6.07, 6.45) is 0. The third-order valence-electron chi connectivity index (χ3n) is 22.0. The van der Waals surface area contributed by atoms with E-state index in [1.165, 1.54) is 87.6 Å².